The molecule has 0 radical (unpaired) electrons. The van der Waals surface area contributed by atoms with Crippen molar-refractivity contribution in [2.45, 2.75) is 5.92 Å². The topological polar surface area (TPSA) is 107 Å². The molecule has 3 aromatic rings. The van der Waals surface area contributed by atoms with E-state index >= 15 is 0 Å². The smallest absolute Gasteiger partial charge is 0.272 e. The average molecular weight is 334 g/mol. The third-order valence-electron chi connectivity index (χ3n) is 3.44. The minimum Gasteiger partial charge on any atom is -0.419 e. The largest absolute Gasteiger partial charge is 0.419 e. The van der Waals surface area contributed by atoms with Crippen molar-refractivity contribution < 1.29 is 4.74 Å². The summed E-state index contributed by atoms with van der Waals surface area (Å²) in [6, 6.07) is 7.25. The summed E-state index contributed by atoms with van der Waals surface area (Å²) < 4.78 is 5.60. The molecule has 0 bridgehead atoms. The summed E-state index contributed by atoms with van der Waals surface area (Å²) in [5, 5.41) is 9.48. The summed E-state index contributed by atoms with van der Waals surface area (Å²) in [7, 11) is 0. The van der Waals surface area contributed by atoms with Gasteiger partial charge in [-0.2, -0.15) is 4.98 Å². The van der Waals surface area contributed by atoms with Crippen LogP contribution in [-0.2, 0) is 0 Å². The highest BCUT2D eigenvalue weighted by Gasteiger charge is 2.36. The van der Waals surface area contributed by atoms with Gasteiger partial charge in [0.15, 0.2) is 0 Å². The van der Waals surface area contributed by atoms with Gasteiger partial charge in [-0.05, 0) is 17.7 Å². The van der Waals surface area contributed by atoms with Crippen LogP contribution in [0.3, 0.4) is 0 Å². The molecule has 9 heteroatoms. The summed E-state index contributed by atoms with van der Waals surface area (Å²) >= 11 is 7.17. The molecule has 0 saturated heterocycles. The Morgan fingerprint density at radius 2 is 2.09 bits per heavy atom. The average Bonchev–Trinajstić information content (AvgIpc) is 3.10. The van der Waals surface area contributed by atoms with Crippen molar-refractivity contribution in [1.29, 1.82) is 5.53 Å². The van der Waals surface area contributed by atoms with Crippen LogP contribution in [0.4, 0.5) is 5.13 Å². The maximum atomic E-state index is 12.1. The lowest BCUT2D eigenvalue weighted by atomic mass is 9.90. The van der Waals surface area contributed by atoms with Gasteiger partial charge < -0.3 is 4.74 Å². The van der Waals surface area contributed by atoms with Gasteiger partial charge in [0, 0.05) is 5.02 Å². The Labute approximate surface area is 132 Å². The molecular weight excluding hydrogens is 326 g/mol. The first kappa shape index (κ1) is 13.2. The zero-order chi connectivity index (χ0) is 15.3. The molecular formula is C13H8ClN5O2S. The first-order chi connectivity index (χ1) is 10.7. The van der Waals surface area contributed by atoms with Crippen molar-refractivity contribution in [3.63, 3.8) is 0 Å². The quantitative estimate of drug-likeness (QED) is 0.486. The van der Waals surface area contributed by atoms with E-state index < -0.39 is 0 Å². The van der Waals surface area contributed by atoms with Crippen molar-refractivity contribution in [1.82, 2.24) is 15.2 Å². The molecule has 110 valence electrons. The maximum Gasteiger partial charge on any atom is 0.272 e. The zero-order valence-corrected chi connectivity index (χ0v) is 12.5. The number of hydrogen-bond donors (Lipinski definition) is 3. The van der Waals surface area contributed by atoms with Crippen molar-refractivity contribution >= 4 is 28.1 Å². The number of H-pyrrole nitrogens is 2. The Morgan fingerprint density at radius 1 is 1.32 bits per heavy atom. The zero-order valence-electron chi connectivity index (χ0n) is 10.9. The Morgan fingerprint density at radius 3 is 2.82 bits per heavy atom. The number of benzene rings is 1. The maximum absolute atomic E-state index is 12.1. The number of fused-ring (bicyclic) bond motifs is 2. The molecule has 0 spiro atoms. The number of nitrogens with one attached hydrogen (secondary N) is 3. The highest BCUT2D eigenvalue weighted by Crippen LogP contribution is 2.49. The number of rotatable bonds is 2. The standard InChI is InChI=1S/C13H8ClN5O2S/c14-6-3-1-5(2-4-6)7-8-10(20)18-19-11(8)21-12-9(7)22-13(16-12)17-15/h1-4,7,15H,(H2,18,19,20). The van der Waals surface area contributed by atoms with Gasteiger partial charge in [0.05, 0.1) is 16.4 Å². The second kappa shape index (κ2) is 4.79. The monoisotopic (exact) mass is 333 g/mol. The van der Waals surface area contributed by atoms with Gasteiger partial charge in [-0.25, -0.2) is 5.53 Å². The van der Waals surface area contributed by atoms with E-state index in [4.69, 9.17) is 21.9 Å². The lowest BCUT2D eigenvalue weighted by Crippen LogP contribution is -2.16. The van der Waals surface area contributed by atoms with Gasteiger partial charge in [0.1, 0.15) is 0 Å². The van der Waals surface area contributed by atoms with Crippen LogP contribution < -0.4 is 10.3 Å². The van der Waals surface area contributed by atoms with Crippen LogP contribution >= 0.6 is 22.9 Å². The Bertz CT molecular complexity index is 927. The van der Waals surface area contributed by atoms with Gasteiger partial charge in [0.2, 0.25) is 16.9 Å². The van der Waals surface area contributed by atoms with Gasteiger partial charge in [-0.3, -0.25) is 15.0 Å². The van der Waals surface area contributed by atoms with Crippen molar-refractivity contribution in [2.24, 2.45) is 5.11 Å². The fraction of sp³-hybridized carbons (Fsp3) is 0.0769. The summed E-state index contributed by atoms with van der Waals surface area (Å²) in [5.41, 5.74) is 8.23. The van der Waals surface area contributed by atoms with Crippen LogP contribution in [0, 0.1) is 5.53 Å². The number of hydrogen-bond acceptors (Lipinski definition) is 6. The second-order valence-electron chi connectivity index (χ2n) is 4.69. The predicted molar refractivity (Wildman–Crippen MR) is 80.8 cm³/mol. The lowest BCUT2D eigenvalue weighted by molar-refractivity contribution is 0.423. The van der Waals surface area contributed by atoms with Crippen LogP contribution in [-0.4, -0.2) is 15.2 Å². The molecule has 1 atom stereocenters. The molecule has 7 nitrogen and oxygen atoms in total. The van der Waals surface area contributed by atoms with Crippen molar-refractivity contribution in [3.8, 4) is 11.8 Å². The summed E-state index contributed by atoms with van der Waals surface area (Å²) in [6.07, 6.45) is 0. The third kappa shape index (κ3) is 1.88. The van der Waals surface area contributed by atoms with E-state index in [9.17, 15) is 4.79 Å². The summed E-state index contributed by atoms with van der Waals surface area (Å²) in [6.45, 7) is 0. The molecule has 3 heterocycles. The molecule has 0 fully saturated rings. The number of ether oxygens (including phenoxy) is 1. The van der Waals surface area contributed by atoms with Crippen LogP contribution in [0.5, 0.6) is 11.8 Å². The van der Waals surface area contributed by atoms with E-state index in [1.807, 2.05) is 12.1 Å². The molecule has 22 heavy (non-hydrogen) atoms. The number of aromatic amines is 2. The van der Waals surface area contributed by atoms with Gasteiger partial charge >= 0.3 is 0 Å². The minimum atomic E-state index is -0.334. The predicted octanol–water partition coefficient (Wildman–Crippen LogP) is 3.76. The molecule has 1 aliphatic heterocycles. The SMILES string of the molecule is N=Nc1nc2c(s1)C(c1ccc(Cl)cc1)c1c([nH][nH]c1=O)O2. The lowest BCUT2D eigenvalue weighted by Gasteiger charge is -2.20. The van der Waals surface area contributed by atoms with E-state index in [0.717, 1.165) is 10.4 Å². The second-order valence-corrected chi connectivity index (χ2v) is 6.13. The molecule has 1 aliphatic rings. The molecule has 1 unspecified atom stereocenters. The summed E-state index contributed by atoms with van der Waals surface area (Å²) in [5.74, 6) is 0.358. The fourth-order valence-electron chi connectivity index (χ4n) is 2.51. The molecule has 1 aromatic carbocycles. The first-order valence-corrected chi connectivity index (χ1v) is 7.49. The molecule has 0 saturated carbocycles. The first-order valence-electron chi connectivity index (χ1n) is 6.29. The molecule has 2 aromatic heterocycles. The minimum absolute atomic E-state index is 0.252. The van der Waals surface area contributed by atoms with Crippen LogP contribution in [0.15, 0.2) is 34.2 Å². The number of halogens is 1. The van der Waals surface area contributed by atoms with Crippen molar-refractivity contribution in [2.75, 3.05) is 0 Å². The van der Waals surface area contributed by atoms with Gasteiger partial charge in [-0.15, -0.1) is 5.11 Å². The molecule has 0 amide bonds. The van der Waals surface area contributed by atoms with E-state index in [-0.39, 0.29) is 16.6 Å². The summed E-state index contributed by atoms with van der Waals surface area (Å²) in [4.78, 5) is 17.0. The molecule has 3 N–H and O–H groups in total. The Hall–Kier alpha value is -2.45. The van der Waals surface area contributed by atoms with E-state index in [0.29, 0.717) is 22.3 Å². The van der Waals surface area contributed by atoms with Crippen LogP contribution in [0.2, 0.25) is 5.02 Å². The van der Waals surface area contributed by atoms with E-state index in [2.05, 4.69) is 20.3 Å². The Balaban J connectivity index is 1.97. The normalized spacial score (nSPS) is 15.8. The third-order valence-corrected chi connectivity index (χ3v) is 4.68. The Kier molecular flexibility index (Phi) is 2.88. The van der Waals surface area contributed by atoms with Crippen LogP contribution in [0.25, 0.3) is 0 Å². The van der Waals surface area contributed by atoms with Gasteiger partial charge in [-0.1, -0.05) is 35.1 Å². The number of nitrogens with zero attached hydrogens (tertiary/aromatic N) is 2. The highest BCUT2D eigenvalue weighted by molar-refractivity contribution is 7.15. The highest BCUT2D eigenvalue weighted by atomic mass is 35.5. The van der Waals surface area contributed by atoms with E-state index in [1.54, 1.807) is 12.1 Å². The van der Waals surface area contributed by atoms with Gasteiger partial charge in [0.25, 0.3) is 5.56 Å². The fourth-order valence-corrected chi connectivity index (χ4v) is 3.55. The number of aromatic nitrogens is 3. The number of thiazole rings is 1. The van der Waals surface area contributed by atoms with E-state index in [1.165, 1.54) is 11.3 Å². The molecule has 4 rings (SSSR count). The van der Waals surface area contributed by atoms with Crippen LogP contribution in [0.1, 0.15) is 21.9 Å². The van der Waals surface area contributed by atoms with Crippen molar-refractivity contribution in [3.05, 3.63) is 55.6 Å². The molecule has 0 aliphatic carbocycles.